The molecular formula is C14H17N3O6. The topological polar surface area (TPSA) is 116 Å². The van der Waals surface area contributed by atoms with Gasteiger partial charge in [0.2, 0.25) is 0 Å². The zero-order valence-corrected chi connectivity index (χ0v) is 12.7. The zero-order valence-electron chi connectivity index (χ0n) is 12.7. The number of hydrogen-bond acceptors (Lipinski definition) is 8. The predicted molar refractivity (Wildman–Crippen MR) is 76.9 cm³/mol. The second-order valence-corrected chi connectivity index (χ2v) is 4.44. The fourth-order valence-electron chi connectivity index (χ4n) is 1.85. The smallest absolute Gasteiger partial charge is 0.299 e. The molecule has 2 aromatic rings. The summed E-state index contributed by atoms with van der Waals surface area (Å²) in [5, 5.41) is 15.7. The minimum absolute atomic E-state index is 0.0472. The normalized spacial score (nSPS) is 10.4. The number of ether oxygens (including phenoxy) is 2. The molecule has 0 aliphatic rings. The van der Waals surface area contributed by atoms with Crippen molar-refractivity contribution in [1.82, 2.24) is 15.8 Å². The van der Waals surface area contributed by atoms with Gasteiger partial charge in [0, 0.05) is 0 Å². The Kier molecular flexibility index (Phi) is 5.89. The van der Waals surface area contributed by atoms with E-state index in [-0.39, 0.29) is 18.0 Å². The fraction of sp³-hybridized carbons (Fsp3) is 0.357. The molecule has 1 aromatic heterocycles. The van der Waals surface area contributed by atoms with Gasteiger partial charge in [-0.15, -0.1) is 0 Å². The van der Waals surface area contributed by atoms with E-state index in [9.17, 15) is 4.79 Å². The summed E-state index contributed by atoms with van der Waals surface area (Å²) in [6.07, 6.45) is 0.546. The van der Waals surface area contributed by atoms with Crippen LogP contribution in [0.4, 0.5) is 0 Å². The summed E-state index contributed by atoms with van der Waals surface area (Å²) in [7, 11) is 3.12. The van der Waals surface area contributed by atoms with Crippen molar-refractivity contribution in [1.29, 1.82) is 0 Å². The number of carbonyl (C=O) groups excluding carboxylic acids is 1. The first kappa shape index (κ1) is 16.7. The van der Waals surface area contributed by atoms with Crippen molar-refractivity contribution in [3.63, 3.8) is 0 Å². The van der Waals surface area contributed by atoms with Crippen molar-refractivity contribution in [3.05, 3.63) is 35.2 Å². The standard InChI is InChI=1S/C14H17N3O6/c1-20-11-4-3-9(7-12(11)21-2)5-6-22-17-14(19)13-10(8-18)15-23-16-13/h3-4,7,18H,5-6,8H2,1-2H3,(H,17,19). The van der Waals surface area contributed by atoms with Gasteiger partial charge in [-0.2, -0.15) is 0 Å². The monoisotopic (exact) mass is 323 g/mol. The van der Waals surface area contributed by atoms with Crippen LogP contribution in [-0.4, -0.2) is 42.2 Å². The number of aromatic nitrogens is 2. The molecule has 1 heterocycles. The second kappa shape index (κ2) is 8.11. The number of hydroxylamine groups is 1. The lowest BCUT2D eigenvalue weighted by Crippen LogP contribution is -2.26. The van der Waals surface area contributed by atoms with Crippen LogP contribution in [0.25, 0.3) is 0 Å². The van der Waals surface area contributed by atoms with Crippen LogP contribution in [0.15, 0.2) is 22.8 Å². The Balaban J connectivity index is 1.82. The number of benzene rings is 1. The lowest BCUT2D eigenvalue weighted by atomic mass is 10.1. The third-order valence-electron chi connectivity index (χ3n) is 3.03. The number of nitrogens with one attached hydrogen (secondary N) is 1. The number of aliphatic hydroxyl groups is 1. The van der Waals surface area contributed by atoms with Gasteiger partial charge >= 0.3 is 0 Å². The minimum atomic E-state index is -0.636. The zero-order chi connectivity index (χ0) is 16.7. The molecule has 0 saturated carbocycles. The maximum atomic E-state index is 11.7. The Morgan fingerprint density at radius 3 is 2.74 bits per heavy atom. The van der Waals surface area contributed by atoms with Gasteiger partial charge in [-0.3, -0.25) is 9.63 Å². The Morgan fingerprint density at radius 1 is 1.26 bits per heavy atom. The first-order chi connectivity index (χ1) is 11.2. The fourth-order valence-corrected chi connectivity index (χ4v) is 1.85. The number of rotatable bonds is 8. The van der Waals surface area contributed by atoms with Crippen LogP contribution in [0.1, 0.15) is 21.7 Å². The van der Waals surface area contributed by atoms with Crippen LogP contribution < -0.4 is 15.0 Å². The molecule has 0 fully saturated rings. The number of methoxy groups -OCH3 is 2. The molecule has 1 aromatic carbocycles. The van der Waals surface area contributed by atoms with E-state index in [4.69, 9.17) is 19.4 Å². The van der Waals surface area contributed by atoms with Crippen LogP contribution in [0, 0.1) is 0 Å². The maximum absolute atomic E-state index is 11.7. The van der Waals surface area contributed by atoms with Gasteiger partial charge in [0.1, 0.15) is 5.69 Å². The molecule has 0 aliphatic heterocycles. The molecule has 124 valence electrons. The van der Waals surface area contributed by atoms with Gasteiger partial charge < -0.3 is 14.6 Å². The molecule has 0 atom stereocenters. The van der Waals surface area contributed by atoms with Crippen LogP contribution in [0.5, 0.6) is 11.5 Å². The van der Waals surface area contributed by atoms with E-state index in [2.05, 4.69) is 20.4 Å². The summed E-state index contributed by atoms with van der Waals surface area (Å²) in [4.78, 5) is 16.8. The first-order valence-electron chi connectivity index (χ1n) is 6.75. The summed E-state index contributed by atoms with van der Waals surface area (Å²) in [6, 6.07) is 5.49. The number of nitrogens with zero attached hydrogens (tertiary/aromatic N) is 2. The van der Waals surface area contributed by atoms with Gasteiger partial charge in [-0.05, 0) is 29.3 Å². The average Bonchev–Trinajstić information content (AvgIpc) is 3.07. The third kappa shape index (κ3) is 4.18. The SMILES string of the molecule is COc1ccc(CCONC(=O)c2nonc2CO)cc1OC. The maximum Gasteiger partial charge on any atom is 0.299 e. The highest BCUT2D eigenvalue weighted by Crippen LogP contribution is 2.27. The Bertz CT molecular complexity index is 658. The lowest BCUT2D eigenvalue weighted by Gasteiger charge is -2.09. The number of amides is 1. The van der Waals surface area contributed by atoms with E-state index in [1.54, 1.807) is 20.3 Å². The molecule has 0 bridgehead atoms. The molecule has 23 heavy (non-hydrogen) atoms. The van der Waals surface area contributed by atoms with Crippen molar-refractivity contribution in [2.24, 2.45) is 0 Å². The summed E-state index contributed by atoms with van der Waals surface area (Å²) in [5.41, 5.74) is 3.10. The van der Waals surface area contributed by atoms with Gasteiger partial charge in [0.05, 0.1) is 27.4 Å². The van der Waals surface area contributed by atoms with E-state index in [0.29, 0.717) is 17.9 Å². The molecule has 0 spiro atoms. The molecular weight excluding hydrogens is 306 g/mol. The van der Waals surface area contributed by atoms with E-state index in [1.165, 1.54) is 0 Å². The van der Waals surface area contributed by atoms with Crippen molar-refractivity contribution in [3.8, 4) is 11.5 Å². The predicted octanol–water partition coefficient (Wildman–Crippen LogP) is 0.483. The van der Waals surface area contributed by atoms with Crippen molar-refractivity contribution in [2.75, 3.05) is 20.8 Å². The van der Waals surface area contributed by atoms with E-state index >= 15 is 0 Å². The van der Waals surface area contributed by atoms with Crippen LogP contribution in [0.3, 0.4) is 0 Å². The van der Waals surface area contributed by atoms with Gasteiger partial charge in [0.25, 0.3) is 5.91 Å². The summed E-state index contributed by atoms with van der Waals surface area (Å²) in [5.74, 6) is 0.624. The highest BCUT2D eigenvalue weighted by atomic mass is 16.7. The second-order valence-electron chi connectivity index (χ2n) is 4.44. The molecule has 9 heteroatoms. The Hall–Kier alpha value is -2.65. The molecule has 0 radical (unpaired) electrons. The molecule has 1 amide bonds. The highest BCUT2D eigenvalue weighted by Gasteiger charge is 2.17. The van der Waals surface area contributed by atoms with E-state index in [0.717, 1.165) is 5.56 Å². The molecule has 0 aliphatic carbocycles. The molecule has 0 unspecified atom stereocenters. The van der Waals surface area contributed by atoms with Crippen LogP contribution in [-0.2, 0) is 17.9 Å². The number of carbonyl (C=O) groups is 1. The molecule has 9 nitrogen and oxygen atoms in total. The van der Waals surface area contributed by atoms with Crippen LogP contribution >= 0.6 is 0 Å². The van der Waals surface area contributed by atoms with Gasteiger partial charge in [-0.1, -0.05) is 11.2 Å². The number of aliphatic hydroxyl groups excluding tert-OH is 1. The Morgan fingerprint density at radius 2 is 2.04 bits per heavy atom. The first-order valence-corrected chi connectivity index (χ1v) is 6.75. The summed E-state index contributed by atoms with van der Waals surface area (Å²) < 4.78 is 14.7. The average molecular weight is 323 g/mol. The molecule has 2 N–H and O–H groups in total. The minimum Gasteiger partial charge on any atom is -0.493 e. The summed E-state index contributed by atoms with van der Waals surface area (Å²) in [6.45, 7) is -0.209. The van der Waals surface area contributed by atoms with Gasteiger partial charge in [0.15, 0.2) is 17.2 Å². The molecule has 2 rings (SSSR count). The van der Waals surface area contributed by atoms with E-state index < -0.39 is 12.5 Å². The van der Waals surface area contributed by atoms with Gasteiger partial charge in [-0.25, -0.2) is 10.1 Å². The highest BCUT2D eigenvalue weighted by molar-refractivity contribution is 5.92. The van der Waals surface area contributed by atoms with Crippen LogP contribution in [0.2, 0.25) is 0 Å². The van der Waals surface area contributed by atoms with Crippen molar-refractivity contribution in [2.45, 2.75) is 13.0 Å². The van der Waals surface area contributed by atoms with E-state index in [1.807, 2.05) is 12.1 Å². The lowest BCUT2D eigenvalue weighted by molar-refractivity contribution is 0.0314. The third-order valence-corrected chi connectivity index (χ3v) is 3.03. The largest absolute Gasteiger partial charge is 0.493 e. The molecule has 0 saturated heterocycles. The van der Waals surface area contributed by atoms with Crippen molar-refractivity contribution >= 4 is 5.91 Å². The quantitative estimate of drug-likeness (QED) is 0.532. The van der Waals surface area contributed by atoms with Crippen molar-refractivity contribution < 1.29 is 28.8 Å². The summed E-state index contributed by atoms with van der Waals surface area (Å²) >= 11 is 0. The number of hydrogen-bond donors (Lipinski definition) is 2. The Labute approximate surface area is 132 Å².